The van der Waals surface area contributed by atoms with Crippen molar-refractivity contribution in [1.29, 1.82) is 0 Å². The number of hydrogen-bond acceptors (Lipinski definition) is 7. The summed E-state index contributed by atoms with van der Waals surface area (Å²) in [5.41, 5.74) is 1.89. The van der Waals surface area contributed by atoms with Crippen molar-refractivity contribution in [1.82, 2.24) is 14.4 Å². The molecule has 2 heterocycles. The highest BCUT2D eigenvalue weighted by Crippen LogP contribution is 2.25. The molecule has 4 rings (SSSR count). The molecule has 1 aromatic heterocycles. The van der Waals surface area contributed by atoms with Gasteiger partial charge in [-0.15, -0.1) is 0 Å². The molecule has 9 nitrogen and oxygen atoms in total. The van der Waals surface area contributed by atoms with Gasteiger partial charge in [-0.05, 0) is 35.9 Å². The fourth-order valence-corrected chi connectivity index (χ4v) is 4.64. The summed E-state index contributed by atoms with van der Waals surface area (Å²) in [5.74, 6) is 0.474. The molecule has 1 amide bonds. The Balaban J connectivity index is 1.44. The average Bonchev–Trinajstić information content (AvgIpc) is 3.25. The summed E-state index contributed by atoms with van der Waals surface area (Å²) in [5, 5.41) is 6.70. The molecule has 0 spiro atoms. The Hall–Kier alpha value is -3.34. The summed E-state index contributed by atoms with van der Waals surface area (Å²) in [6.45, 7) is 3.16. The molecule has 0 atom stereocenters. The van der Waals surface area contributed by atoms with E-state index in [1.165, 1.54) is 22.5 Å². The number of carbonyl (C=O) groups is 1. The first-order valence-corrected chi connectivity index (χ1v) is 11.4. The van der Waals surface area contributed by atoms with Crippen molar-refractivity contribution < 1.29 is 22.5 Å². The lowest BCUT2D eigenvalue weighted by Crippen LogP contribution is -2.40. The molecular formula is C22H22N4O5S. The Kier molecular flexibility index (Phi) is 6.45. The topological polar surface area (TPSA) is 115 Å². The maximum absolute atomic E-state index is 12.7. The van der Waals surface area contributed by atoms with Crippen LogP contribution in [0.4, 0.5) is 5.69 Å². The molecular weight excluding hydrogens is 432 g/mol. The third kappa shape index (κ3) is 4.93. The van der Waals surface area contributed by atoms with E-state index in [-0.39, 0.29) is 10.8 Å². The van der Waals surface area contributed by atoms with Crippen LogP contribution in [0.1, 0.15) is 11.5 Å². The molecule has 0 bridgehead atoms. The van der Waals surface area contributed by atoms with Crippen molar-refractivity contribution >= 4 is 27.7 Å². The number of ether oxygens (including phenoxy) is 1. The van der Waals surface area contributed by atoms with Crippen molar-refractivity contribution in [2.24, 2.45) is 0 Å². The van der Waals surface area contributed by atoms with Crippen LogP contribution in [-0.4, -0.2) is 55.1 Å². The highest BCUT2D eigenvalue weighted by Gasteiger charge is 2.25. The number of benzene rings is 2. The van der Waals surface area contributed by atoms with E-state index in [1.54, 1.807) is 43.3 Å². The molecule has 10 heteroatoms. The van der Waals surface area contributed by atoms with Crippen molar-refractivity contribution in [3.05, 3.63) is 66.1 Å². The van der Waals surface area contributed by atoms with Gasteiger partial charge in [0.2, 0.25) is 27.6 Å². The quantitative estimate of drug-likeness (QED) is 0.570. The monoisotopic (exact) mass is 454 g/mol. The first-order valence-electron chi connectivity index (χ1n) is 10.0. The maximum Gasteiger partial charge on any atom is 0.248 e. The van der Waals surface area contributed by atoms with Gasteiger partial charge in [0.1, 0.15) is 0 Å². The summed E-state index contributed by atoms with van der Waals surface area (Å²) in [7, 11) is -3.55. The molecule has 3 aromatic rings. The number of nitrogens with one attached hydrogen (secondary N) is 1. The Morgan fingerprint density at radius 3 is 2.50 bits per heavy atom. The van der Waals surface area contributed by atoms with Gasteiger partial charge < -0.3 is 14.6 Å². The van der Waals surface area contributed by atoms with Crippen molar-refractivity contribution in [2.45, 2.75) is 11.8 Å². The van der Waals surface area contributed by atoms with Crippen LogP contribution in [0.5, 0.6) is 0 Å². The van der Waals surface area contributed by atoms with Crippen LogP contribution < -0.4 is 5.32 Å². The second-order valence-corrected chi connectivity index (χ2v) is 9.03. The van der Waals surface area contributed by atoms with Crippen LogP contribution in [-0.2, 0) is 19.6 Å². The van der Waals surface area contributed by atoms with Crippen molar-refractivity contribution in [3.63, 3.8) is 0 Å². The number of carbonyl (C=O) groups excluding carboxylic acids is 1. The zero-order valence-electron chi connectivity index (χ0n) is 17.4. The van der Waals surface area contributed by atoms with Crippen LogP contribution in [0, 0.1) is 6.92 Å². The summed E-state index contributed by atoms with van der Waals surface area (Å²) in [4.78, 5) is 16.8. The maximum atomic E-state index is 12.7. The summed E-state index contributed by atoms with van der Waals surface area (Å²) in [6, 6.07) is 13.5. The third-order valence-corrected chi connectivity index (χ3v) is 6.78. The third-order valence-electron chi connectivity index (χ3n) is 4.87. The summed E-state index contributed by atoms with van der Waals surface area (Å²) >= 11 is 0. The van der Waals surface area contributed by atoms with E-state index in [1.807, 2.05) is 6.07 Å². The Labute approximate surface area is 185 Å². The van der Waals surface area contributed by atoms with Gasteiger partial charge in [-0.1, -0.05) is 29.4 Å². The number of aromatic nitrogens is 2. The van der Waals surface area contributed by atoms with E-state index in [2.05, 4.69) is 15.5 Å². The number of aryl methyl sites for hydroxylation is 1. The first-order chi connectivity index (χ1) is 15.4. The molecule has 0 radical (unpaired) electrons. The molecule has 0 saturated carbocycles. The van der Waals surface area contributed by atoms with E-state index in [0.717, 1.165) is 0 Å². The molecule has 32 heavy (non-hydrogen) atoms. The van der Waals surface area contributed by atoms with Gasteiger partial charge in [0.15, 0.2) is 0 Å². The fraction of sp³-hybridized carbons (Fsp3) is 0.227. The predicted octanol–water partition coefficient (Wildman–Crippen LogP) is 2.72. The van der Waals surface area contributed by atoms with Gasteiger partial charge >= 0.3 is 0 Å². The molecule has 1 N–H and O–H groups in total. The largest absolute Gasteiger partial charge is 0.379 e. The van der Waals surface area contributed by atoms with Crippen LogP contribution in [0.2, 0.25) is 0 Å². The SMILES string of the molecule is Cc1nc(-c2ccccc2NC(=O)/C=C/c2ccc(S(=O)(=O)N3CCOCC3)cc2)no1. The standard InChI is InChI=1S/C22H22N4O5S/c1-16-23-22(25-31-16)19-4-2-3-5-20(19)24-21(27)11-8-17-6-9-18(10-7-17)32(28,29)26-12-14-30-15-13-26/h2-11H,12-15H2,1H3,(H,24,27)/b11-8+. The van der Waals surface area contributed by atoms with Crippen molar-refractivity contribution in [2.75, 3.05) is 31.6 Å². The molecule has 0 aliphatic carbocycles. The molecule has 1 saturated heterocycles. The minimum Gasteiger partial charge on any atom is -0.379 e. The highest BCUT2D eigenvalue weighted by molar-refractivity contribution is 7.89. The van der Waals surface area contributed by atoms with E-state index >= 15 is 0 Å². The zero-order chi connectivity index (χ0) is 22.6. The first kappa shape index (κ1) is 21.9. The fourth-order valence-electron chi connectivity index (χ4n) is 3.23. The molecule has 1 aliphatic rings. The smallest absolute Gasteiger partial charge is 0.248 e. The van der Waals surface area contributed by atoms with E-state index in [4.69, 9.17) is 9.26 Å². The number of amides is 1. The van der Waals surface area contributed by atoms with Gasteiger partial charge in [-0.2, -0.15) is 9.29 Å². The summed E-state index contributed by atoms with van der Waals surface area (Å²) in [6.07, 6.45) is 2.99. The number of anilines is 1. The number of sulfonamides is 1. The number of nitrogens with zero attached hydrogens (tertiary/aromatic N) is 3. The number of hydrogen-bond donors (Lipinski definition) is 1. The number of morpholine rings is 1. The molecule has 0 unspecified atom stereocenters. The normalized spacial score (nSPS) is 15.2. The minimum absolute atomic E-state index is 0.213. The zero-order valence-corrected chi connectivity index (χ0v) is 18.2. The lowest BCUT2D eigenvalue weighted by molar-refractivity contribution is -0.111. The second kappa shape index (κ2) is 9.43. The summed E-state index contributed by atoms with van der Waals surface area (Å²) < 4.78 is 37.0. The van der Waals surface area contributed by atoms with Gasteiger partial charge in [-0.3, -0.25) is 4.79 Å². The average molecular weight is 455 g/mol. The van der Waals surface area contributed by atoms with E-state index < -0.39 is 10.0 Å². The van der Waals surface area contributed by atoms with Gasteiger partial charge in [-0.25, -0.2) is 8.42 Å². The minimum atomic E-state index is -3.55. The molecule has 2 aromatic carbocycles. The second-order valence-electron chi connectivity index (χ2n) is 7.09. The van der Waals surface area contributed by atoms with Crippen LogP contribution in [0.25, 0.3) is 17.5 Å². The van der Waals surface area contributed by atoms with Crippen LogP contribution in [0.3, 0.4) is 0 Å². The number of para-hydroxylation sites is 1. The van der Waals surface area contributed by atoms with Gasteiger partial charge in [0, 0.05) is 31.7 Å². The predicted molar refractivity (Wildman–Crippen MR) is 118 cm³/mol. The molecule has 1 fully saturated rings. The lowest BCUT2D eigenvalue weighted by atomic mass is 10.1. The van der Waals surface area contributed by atoms with Gasteiger partial charge in [0.05, 0.1) is 23.8 Å². The van der Waals surface area contributed by atoms with E-state index in [9.17, 15) is 13.2 Å². The number of rotatable bonds is 6. The van der Waals surface area contributed by atoms with Gasteiger partial charge in [0.25, 0.3) is 0 Å². The lowest BCUT2D eigenvalue weighted by Gasteiger charge is -2.26. The Morgan fingerprint density at radius 1 is 1.09 bits per heavy atom. The van der Waals surface area contributed by atoms with Crippen LogP contribution in [0.15, 0.2) is 64.0 Å². The van der Waals surface area contributed by atoms with Crippen LogP contribution >= 0.6 is 0 Å². The highest BCUT2D eigenvalue weighted by atomic mass is 32.2. The Bertz CT molecular complexity index is 1230. The van der Waals surface area contributed by atoms with Crippen molar-refractivity contribution in [3.8, 4) is 11.4 Å². The van der Waals surface area contributed by atoms with E-state index in [0.29, 0.717) is 54.8 Å². The molecule has 166 valence electrons. The Morgan fingerprint density at radius 2 is 1.81 bits per heavy atom. The molecule has 1 aliphatic heterocycles.